The van der Waals surface area contributed by atoms with Crippen LogP contribution in [0.4, 0.5) is 15.8 Å². The van der Waals surface area contributed by atoms with E-state index in [1.54, 1.807) is 47.4 Å². The first-order valence-electron chi connectivity index (χ1n) is 11.9. The normalized spacial score (nSPS) is 15.3. The van der Waals surface area contributed by atoms with Gasteiger partial charge in [-0.3, -0.25) is 14.5 Å². The topological polar surface area (TPSA) is 80.2 Å². The molecule has 0 bridgehead atoms. The van der Waals surface area contributed by atoms with Gasteiger partial charge in [-0.15, -0.1) is 0 Å². The molecule has 0 aromatic heterocycles. The van der Waals surface area contributed by atoms with E-state index in [1.807, 2.05) is 32.0 Å². The van der Waals surface area contributed by atoms with Crippen molar-refractivity contribution in [3.63, 3.8) is 0 Å². The van der Waals surface area contributed by atoms with E-state index in [1.165, 1.54) is 23.9 Å². The van der Waals surface area contributed by atoms with Crippen molar-refractivity contribution in [2.45, 2.75) is 13.8 Å². The van der Waals surface area contributed by atoms with Crippen LogP contribution in [0, 0.1) is 5.82 Å². The Bertz CT molecular complexity index is 1380. The molecule has 1 aliphatic heterocycles. The third kappa shape index (κ3) is 6.81. The Morgan fingerprint density at radius 2 is 1.84 bits per heavy atom. The summed E-state index contributed by atoms with van der Waals surface area (Å²) in [5.74, 6) is -0.0137. The lowest BCUT2D eigenvalue weighted by atomic mass is 10.2. The number of hydrogen-bond acceptors (Lipinski definition) is 6. The van der Waals surface area contributed by atoms with Gasteiger partial charge in [0.15, 0.2) is 23.3 Å². The number of likely N-dealkylation sites (N-methyl/N-ethyl adjacent to an activating group) is 1. The Kier molecular flexibility index (Phi) is 9.19. The van der Waals surface area contributed by atoms with Crippen LogP contribution in [0.15, 0.2) is 81.1 Å². The summed E-state index contributed by atoms with van der Waals surface area (Å²) in [5, 5.41) is 3.29. The van der Waals surface area contributed by atoms with E-state index in [0.717, 1.165) is 0 Å². The lowest BCUT2D eigenvalue weighted by Crippen LogP contribution is -2.28. The fourth-order valence-corrected chi connectivity index (χ4v) is 5.21. The van der Waals surface area contributed by atoms with Crippen LogP contribution < -0.4 is 14.8 Å². The monoisotopic (exact) mass is 597 g/mol. The molecule has 196 valence electrons. The summed E-state index contributed by atoms with van der Waals surface area (Å²) in [4.78, 5) is 32.0. The average Bonchev–Trinajstić information content (AvgIpc) is 3.19. The number of thioether (sulfide) groups is 1. The van der Waals surface area contributed by atoms with Crippen molar-refractivity contribution < 1.29 is 23.5 Å². The standard InChI is InChI=1S/C28H25BrFN3O4S/c1-3-33-27(35)24(38-28(33)32-21-12-10-19(30)11-13-21)16-18-14-22(29)26(23(15-18)36-4-2)37-17-25(34)31-20-8-6-5-7-9-20/h5-16H,3-4,17H2,1-2H3,(H,31,34)/b24-16+,32-28?. The van der Waals surface area contributed by atoms with Crippen LogP contribution in [0.3, 0.4) is 0 Å². The van der Waals surface area contributed by atoms with Crippen LogP contribution in [-0.2, 0) is 9.59 Å². The van der Waals surface area contributed by atoms with E-state index in [0.29, 0.717) is 56.1 Å². The first-order valence-corrected chi connectivity index (χ1v) is 13.5. The summed E-state index contributed by atoms with van der Waals surface area (Å²) < 4.78 is 25.4. The molecule has 7 nitrogen and oxygen atoms in total. The number of aliphatic imine (C=N–C) groups is 1. The summed E-state index contributed by atoms with van der Waals surface area (Å²) in [6, 6.07) is 18.4. The molecule has 2 amide bonds. The molecule has 0 unspecified atom stereocenters. The molecule has 0 atom stereocenters. The maximum absolute atomic E-state index is 13.3. The number of hydrogen-bond donors (Lipinski definition) is 1. The molecule has 0 spiro atoms. The molecule has 1 fully saturated rings. The van der Waals surface area contributed by atoms with Gasteiger partial charge in [0.2, 0.25) is 0 Å². The highest BCUT2D eigenvalue weighted by atomic mass is 79.9. The number of rotatable bonds is 9. The highest BCUT2D eigenvalue weighted by Gasteiger charge is 2.32. The molecule has 3 aromatic rings. The van der Waals surface area contributed by atoms with Crippen molar-refractivity contribution >= 4 is 62.1 Å². The van der Waals surface area contributed by atoms with Crippen LogP contribution >= 0.6 is 27.7 Å². The first kappa shape index (κ1) is 27.4. The van der Waals surface area contributed by atoms with Crippen molar-refractivity contribution in [1.29, 1.82) is 0 Å². The van der Waals surface area contributed by atoms with Gasteiger partial charge >= 0.3 is 0 Å². The summed E-state index contributed by atoms with van der Waals surface area (Å²) >= 11 is 4.76. The number of carbonyl (C=O) groups excluding carboxylic acids is 2. The van der Waals surface area contributed by atoms with Gasteiger partial charge in [-0.1, -0.05) is 18.2 Å². The number of halogens is 2. The maximum Gasteiger partial charge on any atom is 0.266 e. The van der Waals surface area contributed by atoms with E-state index in [4.69, 9.17) is 9.47 Å². The number of anilines is 1. The Labute approximate surface area is 232 Å². The van der Waals surface area contributed by atoms with Gasteiger partial charge < -0.3 is 14.8 Å². The third-order valence-corrected chi connectivity index (χ3v) is 6.89. The molecular weight excluding hydrogens is 573 g/mol. The molecule has 1 saturated heterocycles. The van der Waals surface area contributed by atoms with Crippen molar-refractivity contribution in [3.05, 3.63) is 87.5 Å². The van der Waals surface area contributed by atoms with Crippen molar-refractivity contribution in [2.24, 2.45) is 4.99 Å². The maximum atomic E-state index is 13.3. The number of para-hydroxylation sites is 1. The van der Waals surface area contributed by atoms with Gasteiger partial charge in [0.25, 0.3) is 11.8 Å². The predicted octanol–water partition coefficient (Wildman–Crippen LogP) is 6.63. The second-order valence-corrected chi connectivity index (χ2v) is 9.86. The zero-order valence-corrected chi connectivity index (χ0v) is 23.1. The predicted molar refractivity (Wildman–Crippen MR) is 152 cm³/mol. The molecule has 0 saturated carbocycles. The number of ether oxygens (including phenoxy) is 2. The Morgan fingerprint density at radius 3 is 2.53 bits per heavy atom. The number of nitrogens with zero attached hydrogens (tertiary/aromatic N) is 2. The summed E-state index contributed by atoms with van der Waals surface area (Å²) in [6.45, 7) is 4.32. The molecular formula is C28H25BrFN3O4S. The van der Waals surface area contributed by atoms with Crippen molar-refractivity contribution in [2.75, 3.05) is 25.1 Å². The fourth-order valence-electron chi connectivity index (χ4n) is 3.58. The molecule has 1 heterocycles. The first-order chi connectivity index (χ1) is 18.4. The van der Waals surface area contributed by atoms with E-state index < -0.39 is 0 Å². The Balaban J connectivity index is 1.54. The van der Waals surface area contributed by atoms with Gasteiger partial charge in [-0.05, 0) is 102 Å². The minimum absolute atomic E-state index is 0.176. The lowest BCUT2D eigenvalue weighted by molar-refractivity contribution is -0.122. The number of amides is 2. The molecule has 1 N–H and O–H groups in total. The summed E-state index contributed by atoms with van der Waals surface area (Å²) in [5.41, 5.74) is 1.94. The lowest BCUT2D eigenvalue weighted by Gasteiger charge is -2.15. The summed E-state index contributed by atoms with van der Waals surface area (Å²) in [7, 11) is 0. The number of carbonyl (C=O) groups is 2. The van der Waals surface area contributed by atoms with Crippen LogP contribution in [0.5, 0.6) is 11.5 Å². The van der Waals surface area contributed by atoms with Gasteiger partial charge in [0.1, 0.15) is 5.82 Å². The average molecular weight is 598 g/mol. The van der Waals surface area contributed by atoms with Crippen molar-refractivity contribution in [1.82, 2.24) is 4.90 Å². The molecule has 4 rings (SSSR count). The fraction of sp³-hybridized carbons (Fsp3) is 0.179. The number of amidine groups is 1. The molecule has 0 radical (unpaired) electrons. The van der Waals surface area contributed by atoms with Crippen LogP contribution in [-0.4, -0.2) is 41.6 Å². The Morgan fingerprint density at radius 1 is 1.11 bits per heavy atom. The smallest absolute Gasteiger partial charge is 0.266 e. The summed E-state index contributed by atoms with van der Waals surface area (Å²) in [6.07, 6.45) is 1.75. The van der Waals surface area contributed by atoms with E-state index in [2.05, 4.69) is 26.2 Å². The minimum Gasteiger partial charge on any atom is -0.490 e. The van der Waals surface area contributed by atoms with Crippen molar-refractivity contribution in [3.8, 4) is 11.5 Å². The van der Waals surface area contributed by atoms with Gasteiger partial charge in [0, 0.05) is 12.2 Å². The van der Waals surface area contributed by atoms with Gasteiger partial charge in [-0.2, -0.15) is 0 Å². The third-order valence-electron chi connectivity index (χ3n) is 5.29. The Hall–Kier alpha value is -3.63. The highest BCUT2D eigenvalue weighted by Crippen LogP contribution is 2.39. The molecule has 10 heteroatoms. The molecule has 38 heavy (non-hydrogen) atoms. The highest BCUT2D eigenvalue weighted by molar-refractivity contribution is 9.10. The quantitative estimate of drug-likeness (QED) is 0.280. The van der Waals surface area contributed by atoms with E-state index >= 15 is 0 Å². The second-order valence-electron chi connectivity index (χ2n) is 8.00. The van der Waals surface area contributed by atoms with Crippen LogP contribution in [0.2, 0.25) is 0 Å². The van der Waals surface area contributed by atoms with Gasteiger partial charge in [0.05, 0.1) is 21.7 Å². The zero-order chi connectivity index (χ0) is 27.1. The van der Waals surface area contributed by atoms with Crippen LogP contribution in [0.1, 0.15) is 19.4 Å². The largest absolute Gasteiger partial charge is 0.490 e. The molecule has 0 aliphatic carbocycles. The second kappa shape index (κ2) is 12.7. The minimum atomic E-state index is -0.350. The molecule has 3 aromatic carbocycles. The number of benzene rings is 3. The number of nitrogens with one attached hydrogen (secondary N) is 1. The van der Waals surface area contributed by atoms with E-state index in [9.17, 15) is 14.0 Å². The zero-order valence-electron chi connectivity index (χ0n) is 20.7. The van der Waals surface area contributed by atoms with Crippen LogP contribution in [0.25, 0.3) is 6.08 Å². The molecule has 1 aliphatic rings. The van der Waals surface area contributed by atoms with E-state index in [-0.39, 0.29) is 24.2 Å². The van der Waals surface area contributed by atoms with Gasteiger partial charge in [-0.25, -0.2) is 9.38 Å². The SMILES string of the molecule is CCOc1cc(/C=C2/SC(=Nc3ccc(F)cc3)N(CC)C2=O)cc(Br)c1OCC(=O)Nc1ccccc1.